The van der Waals surface area contributed by atoms with Gasteiger partial charge in [-0.25, -0.2) is 4.79 Å². The molecule has 8 nitrogen and oxygen atoms in total. The maximum Gasteiger partial charge on any atom is 0.347 e. The van der Waals surface area contributed by atoms with Crippen LogP contribution in [0.2, 0.25) is 0 Å². The summed E-state index contributed by atoms with van der Waals surface area (Å²) in [5.74, 6) is -0.0475. The molecule has 8 heteroatoms. The Kier molecular flexibility index (Phi) is 7.62. The predicted octanol–water partition coefficient (Wildman–Crippen LogP) is 3.94. The molecule has 0 aliphatic heterocycles. The van der Waals surface area contributed by atoms with Crippen LogP contribution in [0, 0.1) is 10.1 Å². The van der Waals surface area contributed by atoms with Crippen molar-refractivity contribution < 1.29 is 23.9 Å². The van der Waals surface area contributed by atoms with Gasteiger partial charge in [-0.1, -0.05) is 31.5 Å². The first-order valence-electron chi connectivity index (χ1n) is 8.88. The standard InChI is InChI=1S/C20H24N2O6/c1-4-8-17(20(23)27-3)28-19-14(13-21-15-9-6-5-7-10-15)11-16(22(24)25)12-18(19)26-2/h5-7,9-12,17,21H,4,8,13H2,1-3H3. The largest absolute Gasteiger partial charge is 0.493 e. The van der Waals surface area contributed by atoms with Gasteiger partial charge < -0.3 is 19.5 Å². The van der Waals surface area contributed by atoms with Crippen LogP contribution in [0.3, 0.4) is 0 Å². The molecule has 150 valence electrons. The highest BCUT2D eigenvalue weighted by molar-refractivity contribution is 5.75. The zero-order valence-electron chi connectivity index (χ0n) is 16.1. The second kappa shape index (κ2) is 10.1. The van der Waals surface area contributed by atoms with Gasteiger partial charge >= 0.3 is 5.97 Å². The zero-order valence-corrected chi connectivity index (χ0v) is 16.1. The van der Waals surface area contributed by atoms with Gasteiger partial charge in [0.15, 0.2) is 17.6 Å². The number of nitro benzene ring substituents is 1. The summed E-state index contributed by atoms with van der Waals surface area (Å²) in [4.78, 5) is 22.9. The van der Waals surface area contributed by atoms with Gasteiger partial charge in [-0.05, 0) is 18.6 Å². The van der Waals surface area contributed by atoms with E-state index in [1.807, 2.05) is 37.3 Å². The SMILES string of the molecule is CCCC(Oc1c(CNc2ccccc2)cc([N+](=O)[O-])cc1OC)C(=O)OC. The molecule has 0 heterocycles. The molecular weight excluding hydrogens is 364 g/mol. The molecule has 0 bridgehead atoms. The van der Waals surface area contributed by atoms with Crippen molar-refractivity contribution >= 4 is 17.3 Å². The van der Waals surface area contributed by atoms with E-state index in [4.69, 9.17) is 14.2 Å². The summed E-state index contributed by atoms with van der Waals surface area (Å²) < 4.78 is 16.0. The normalized spacial score (nSPS) is 11.4. The molecule has 0 aromatic heterocycles. The molecule has 0 saturated heterocycles. The molecule has 1 unspecified atom stereocenters. The Morgan fingerprint density at radius 2 is 1.93 bits per heavy atom. The number of rotatable bonds is 10. The van der Waals surface area contributed by atoms with Gasteiger partial charge in [0.25, 0.3) is 5.69 Å². The molecule has 0 aliphatic carbocycles. The van der Waals surface area contributed by atoms with E-state index in [0.717, 1.165) is 5.69 Å². The number of para-hydroxylation sites is 1. The number of anilines is 1. The van der Waals surface area contributed by atoms with E-state index >= 15 is 0 Å². The van der Waals surface area contributed by atoms with Crippen molar-refractivity contribution in [2.45, 2.75) is 32.4 Å². The highest BCUT2D eigenvalue weighted by Crippen LogP contribution is 2.37. The van der Waals surface area contributed by atoms with Crippen molar-refractivity contribution in [2.24, 2.45) is 0 Å². The first kappa shape index (κ1) is 21.0. The van der Waals surface area contributed by atoms with Crippen molar-refractivity contribution in [3.8, 4) is 11.5 Å². The molecule has 2 rings (SSSR count). The molecule has 28 heavy (non-hydrogen) atoms. The summed E-state index contributed by atoms with van der Waals surface area (Å²) >= 11 is 0. The number of nitro groups is 1. The smallest absolute Gasteiger partial charge is 0.347 e. The molecule has 2 aromatic carbocycles. The molecule has 0 saturated carbocycles. The van der Waals surface area contributed by atoms with E-state index in [1.54, 1.807) is 0 Å². The fourth-order valence-electron chi connectivity index (χ4n) is 2.68. The summed E-state index contributed by atoms with van der Waals surface area (Å²) in [6, 6.07) is 12.1. The third kappa shape index (κ3) is 5.35. The van der Waals surface area contributed by atoms with Crippen LogP contribution in [0.4, 0.5) is 11.4 Å². The van der Waals surface area contributed by atoms with Gasteiger partial charge in [0.1, 0.15) is 0 Å². The second-order valence-electron chi connectivity index (χ2n) is 6.03. The lowest BCUT2D eigenvalue weighted by molar-refractivity contribution is -0.385. The number of methoxy groups -OCH3 is 2. The van der Waals surface area contributed by atoms with E-state index in [2.05, 4.69) is 5.32 Å². The van der Waals surface area contributed by atoms with Crippen LogP contribution < -0.4 is 14.8 Å². The average molecular weight is 388 g/mol. The number of nitrogens with zero attached hydrogens (tertiary/aromatic N) is 1. The van der Waals surface area contributed by atoms with Crippen LogP contribution in [0.5, 0.6) is 11.5 Å². The monoisotopic (exact) mass is 388 g/mol. The Morgan fingerprint density at radius 1 is 1.21 bits per heavy atom. The number of carbonyl (C=O) groups is 1. The summed E-state index contributed by atoms with van der Waals surface area (Å²) in [6.07, 6.45) is 0.311. The number of hydrogen-bond acceptors (Lipinski definition) is 7. The van der Waals surface area contributed by atoms with Gasteiger partial charge in [0.2, 0.25) is 0 Å². The first-order valence-corrected chi connectivity index (χ1v) is 8.88. The van der Waals surface area contributed by atoms with Gasteiger partial charge in [0, 0.05) is 23.9 Å². The Bertz CT molecular complexity index is 810. The Morgan fingerprint density at radius 3 is 2.50 bits per heavy atom. The summed E-state index contributed by atoms with van der Waals surface area (Å²) in [5.41, 5.74) is 1.22. The Hall–Kier alpha value is -3.29. The molecule has 0 fully saturated rings. The quantitative estimate of drug-likeness (QED) is 0.374. The zero-order chi connectivity index (χ0) is 20.5. The van der Waals surface area contributed by atoms with E-state index < -0.39 is 17.0 Å². The fraction of sp³-hybridized carbons (Fsp3) is 0.350. The van der Waals surface area contributed by atoms with Crippen LogP contribution in [-0.4, -0.2) is 31.2 Å². The third-order valence-corrected chi connectivity index (χ3v) is 4.08. The first-order chi connectivity index (χ1) is 13.5. The lowest BCUT2D eigenvalue weighted by Crippen LogP contribution is -2.29. The van der Waals surface area contributed by atoms with Crippen LogP contribution in [-0.2, 0) is 16.1 Å². The highest BCUT2D eigenvalue weighted by Gasteiger charge is 2.26. The number of nitrogens with one attached hydrogen (secondary N) is 1. The van der Waals surface area contributed by atoms with Crippen molar-refractivity contribution in [3.05, 3.63) is 58.1 Å². The maximum absolute atomic E-state index is 12.1. The van der Waals surface area contributed by atoms with Crippen LogP contribution >= 0.6 is 0 Å². The van der Waals surface area contributed by atoms with Gasteiger partial charge in [-0.3, -0.25) is 10.1 Å². The Balaban J connectivity index is 2.41. The van der Waals surface area contributed by atoms with E-state index in [0.29, 0.717) is 18.4 Å². The molecule has 1 atom stereocenters. The summed E-state index contributed by atoms with van der Waals surface area (Å²) in [6.45, 7) is 2.17. The molecular formula is C20H24N2O6. The number of carbonyl (C=O) groups excluding carboxylic acids is 1. The molecule has 0 amide bonds. The van der Waals surface area contributed by atoms with Crippen LogP contribution in [0.15, 0.2) is 42.5 Å². The van der Waals surface area contributed by atoms with E-state index in [1.165, 1.54) is 26.4 Å². The summed E-state index contributed by atoms with van der Waals surface area (Å²) in [7, 11) is 2.69. The van der Waals surface area contributed by atoms with Crippen LogP contribution in [0.25, 0.3) is 0 Å². The average Bonchev–Trinajstić information content (AvgIpc) is 2.72. The second-order valence-corrected chi connectivity index (χ2v) is 6.03. The number of ether oxygens (including phenoxy) is 3. The van der Waals surface area contributed by atoms with Crippen LogP contribution in [0.1, 0.15) is 25.3 Å². The lowest BCUT2D eigenvalue weighted by Gasteiger charge is -2.21. The Labute approximate surface area is 163 Å². The molecule has 0 aliphatic rings. The number of non-ortho nitro benzene ring substituents is 1. The van der Waals surface area contributed by atoms with E-state index in [9.17, 15) is 14.9 Å². The third-order valence-electron chi connectivity index (χ3n) is 4.08. The van der Waals surface area contributed by atoms with Crippen molar-refractivity contribution in [2.75, 3.05) is 19.5 Å². The predicted molar refractivity (Wildman–Crippen MR) is 105 cm³/mol. The van der Waals surface area contributed by atoms with Gasteiger partial charge in [-0.2, -0.15) is 0 Å². The lowest BCUT2D eigenvalue weighted by atomic mass is 10.1. The number of benzene rings is 2. The minimum absolute atomic E-state index is 0.126. The minimum Gasteiger partial charge on any atom is -0.493 e. The van der Waals surface area contributed by atoms with Crippen molar-refractivity contribution in [1.82, 2.24) is 0 Å². The number of hydrogen-bond donors (Lipinski definition) is 1. The maximum atomic E-state index is 12.1. The highest BCUT2D eigenvalue weighted by atomic mass is 16.6. The molecule has 0 radical (unpaired) electrons. The van der Waals surface area contributed by atoms with Crippen molar-refractivity contribution in [1.29, 1.82) is 0 Å². The van der Waals surface area contributed by atoms with Crippen molar-refractivity contribution in [3.63, 3.8) is 0 Å². The number of esters is 1. The van der Waals surface area contributed by atoms with E-state index in [-0.39, 0.29) is 23.7 Å². The topological polar surface area (TPSA) is 99.9 Å². The van der Waals surface area contributed by atoms with Gasteiger partial charge in [-0.15, -0.1) is 0 Å². The minimum atomic E-state index is -0.833. The van der Waals surface area contributed by atoms with Gasteiger partial charge in [0.05, 0.1) is 25.2 Å². The molecule has 2 aromatic rings. The fourth-order valence-corrected chi connectivity index (χ4v) is 2.68. The molecule has 0 spiro atoms. The summed E-state index contributed by atoms with van der Waals surface area (Å²) in [5, 5.41) is 14.5. The molecule has 1 N–H and O–H groups in total.